The van der Waals surface area contributed by atoms with E-state index < -0.39 is 0 Å². The zero-order valence-electron chi connectivity index (χ0n) is 15.4. The molecule has 1 amide bonds. The molecule has 0 aliphatic heterocycles. The summed E-state index contributed by atoms with van der Waals surface area (Å²) in [5.74, 6) is 0.338. The Morgan fingerprint density at radius 1 is 1.00 bits per heavy atom. The van der Waals surface area contributed by atoms with Crippen LogP contribution in [0.1, 0.15) is 48.0 Å². The highest BCUT2D eigenvalue weighted by atomic mass is 32.1. The van der Waals surface area contributed by atoms with Crippen LogP contribution in [0.5, 0.6) is 5.75 Å². The molecule has 1 saturated carbocycles. The molecule has 5 heteroatoms. The zero-order valence-corrected chi connectivity index (χ0v) is 16.3. The van der Waals surface area contributed by atoms with Crippen LogP contribution in [-0.2, 0) is 6.42 Å². The molecule has 0 aromatic heterocycles. The van der Waals surface area contributed by atoms with Crippen LogP contribution in [0.25, 0.3) is 0 Å². The topological polar surface area (TPSA) is 50.4 Å². The summed E-state index contributed by atoms with van der Waals surface area (Å²) in [4.78, 5) is 12.6. The van der Waals surface area contributed by atoms with E-state index in [0.29, 0.717) is 29.1 Å². The summed E-state index contributed by atoms with van der Waals surface area (Å²) in [6, 6.07) is 17.8. The summed E-state index contributed by atoms with van der Waals surface area (Å²) in [7, 11) is 0. The minimum absolute atomic E-state index is 0.237. The monoisotopic (exact) mass is 382 g/mol. The average molecular weight is 383 g/mol. The Labute approximate surface area is 166 Å². The van der Waals surface area contributed by atoms with Crippen molar-refractivity contribution in [3.05, 3.63) is 65.7 Å². The van der Waals surface area contributed by atoms with Crippen LogP contribution >= 0.6 is 12.2 Å². The normalized spacial score (nSPS) is 14.4. The molecule has 1 fully saturated rings. The highest BCUT2D eigenvalue weighted by Crippen LogP contribution is 2.19. The number of amides is 1. The predicted molar refractivity (Wildman–Crippen MR) is 112 cm³/mol. The molecular formula is C22H26N2O2S. The van der Waals surface area contributed by atoms with Gasteiger partial charge in [0.15, 0.2) is 5.11 Å². The number of thiocarbonyl (C=S) groups is 1. The van der Waals surface area contributed by atoms with Crippen LogP contribution in [0.3, 0.4) is 0 Å². The van der Waals surface area contributed by atoms with E-state index in [0.717, 1.165) is 19.3 Å². The third kappa shape index (κ3) is 6.07. The molecule has 0 heterocycles. The van der Waals surface area contributed by atoms with Crippen molar-refractivity contribution >= 4 is 23.2 Å². The number of carbonyl (C=O) groups is 1. The minimum atomic E-state index is -0.237. The van der Waals surface area contributed by atoms with Crippen LogP contribution in [-0.4, -0.2) is 23.7 Å². The van der Waals surface area contributed by atoms with E-state index in [1.165, 1.54) is 24.8 Å². The van der Waals surface area contributed by atoms with Gasteiger partial charge in [0, 0.05) is 12.5 Å². The first-order valence-corrected chi connectivity index (χ1v) is 10.0. The molecule has 0 spiro atoms. The fraction of sp³-hybridized carbons (Fsp3) is 0.364. The van der Waals surface area contributed by atoms with E-state index in [9.17, 15) is 4.79 Å². The molecule has 0 bridgehead atoms. The molecule has 4 nitrogen and oxygen atoms in total. The number of hydrogen-bond donors (Lipinski definition) is 2. The van der Waals surface area contributed by atoms with Crippen molar-refractivity contribution in [3.63, 3.8) is 0 Å². The maximum Gasteiger partial charge on any atom is 0.261 e. The second kappa shape index (κ2) is 10.1. The van der Waals surface area contributed by atoms with Crippen LogP contribution in [0.4, 0.5) is 0 Å². The fourth-order valence-electron chi connectivity index (χ4n) is 3.34. The van der Waals surface area contributed by atoms with Gasteiger partial charge in [-0.1, -0.05) is 61.7 Å². The Kier molecular flexibility index (Phi) is 7.22. The molecule has 0 radical (unpaired) electrons. The van der Waals surface area contributed by atoms with Gasteiger partial charge in [-0.25, -0.2) is 0 Å². The van der Waals surface area contributed by atoms with Crippen molar-refractivity contribution in [2.24, 2.45) is 0 Å². The minimum Gasteiger partial charge on any atom is -0.492 e. The van der Waals surface area contributed by atoms with Gasteiger partial charge in [-0.3, -0.25) is 10.1 Å². The van der Waals surface area contributed by atoms with Crippen LogP contribution in [0, 0.1) is 0 Å². The van der Waals surface area contributed by atoms with Crippen LogP contribution < -0.4 is 15.4 Å². The fourth-order valence-corrected chi connectivity index (χ4v) is 3.60. The van der Waals surface area contributed by atoms with Crippen molar-refractivity contribution in [3.8, 4) is 5.75 Å². The first-order chi connectivity index (χ1) is 13.2. The van der Waals surface area contributed by atoms with Crippen molar-refractivity contribution in [1.82, 2.24) is 10.6 Å². The van der Waals surface area contributed by atoms with Crippen molar-refractivity contribution in [1.29, 1.82) is 0 Å². The highest BCUT2D eigenvalue weighted by molar-refractivity contribution is 7.80. The summed E-state index contributed by atoms with van der Waals surface area (Å²) in [5.41, 5.74) is 1.70. The Morgan fingerprint density at radius 2 is 1.70 bits per heavy atom. The third-order valence-electron chi connectivity index (χ3n) is 4.79. The average Bonchev–Trinajstić information content (AvgIpc) is 2.70. The molecular weight excluding hydrogens is 356 g/mol. The largest absolute Gasteiger partial charge is 0.492 e. The molecule has 2 aromatic rings. The number of hydrogen-bond acceptors (Lipinski definition) is 3. The lowest BCUT2D eigenvalue weighted by Gasteiger charge is -2.24. The first kappa shape index (κ1) is 19.4. The molecule has 1 aliphatic rings. The number of carbonyl (C=O) groups excluding carboxylic acids is 1. The molecule has 0 saturated heterocycles. The Hall–Kier alpha value is -2.40. The second-order valence-corrected chi connectivity index (χ2v) is 7.25. The van der Waals surface area contributed by atoms with E-state index in [2.05, 4.69) is 22.8 Å². The van der Waals surface area contributed by atoms with Crippen LogP contribution in [0.15, 0.2) is 54.6 Å². The number of para-hydroxylation sites is 1. The summed E-state index contributed by atoms with van der Waals surface area (Å²) < 4.78 is 5.87. The van der Waals surface area contributed by atoms with Gasteiger partial charge in [0.2, 0.25) is 0 Å². The lowest BCUT2D eigenvalue weighted by atomic mass is 9.96. The van der Waals surface area contributed by atoms with Crippen molar-refractivity contribution in [2.75, 3.05) is 6.61 Å². The summed E-state index contributed by atoms with van der Waals surface area (Å²) in [6.45, 7) is 0.513. The van der Waals surface area contributed by atoms with Gasteiger partial charge in [0.05, 0.1) is 12.2 Å². The van der Waals surface area contributed by atoms with Gasteiger partial charge in [-0.15, -0.1) is 0 Å². The standard InChI is InChI=1S/C22H26N2O2S/c25-21(24-22(27)23-18-11-5-2-6-12-18)19-13-7-8-14-20(19)26-16-15-17-9-3-1-4-10-17/h1,3-4,7-10,13-14,18H,2,5-6,11-12,15-16H2,(H2,23,24,25,27). The quantitative estimate of drug-likeness (QED) is 0.734. The molecule has 2 N–H and O–H groups in total. The van der Waals surface area contributed by atoms with Gasteiger partial charge < -0.3 is 10.1 Å². The molecule has 0 unspecified atom stereocenters. The van der Waals surface area contributed by atoms with E-state index in [4.69, 9.17) is 17.0 Å². The van der Waals surface area contributed by atoms with Crippen molar-refractivity contribution in [2.45, 2.75) is 44.6 Å². The molecule has 3 rings (SSSR count). The molecule has 142 valence electrons. The Bertz CT molecular complexity index is 758. The van der Waals surface area contributed by atoms with E-state index in [1.54, 1.807) is 6.07 Å². The van der Waals surface area contributed by atoms with Gasteiger partial charge in [-0.05, 0) is 42.8 Å². The maximum atomic E-state index is 12.6. The van der Waals surface area contributed by atoms with Crippen molar-refractivity contribution < 1.29 is 9.53 Å². The highest BCUT2D eigenvalue weighted by Gasteiger charge is 2.17. The van der Waals surface area contributed by atoms with Gasteiger partial charge in [-0.2, -0.15) is 0 Å². The summed E-state index contributed by atoms with van der Waals surface area (Å²) >= 11 is 5.32. The Morgan fingerprint density at radius 3 is 2.48 bits per heavy atom. The zero-order chi connectivity index (χ0) is 18.9. The number of ether oxygens (including phenoxy) is 1. The van der Waals surface area contributed by atoms with Gasteiger partial charge in [0.25, 0.3) is 5.91 Å². The molecule has 27 heavy (non-hydrogen) atoms. The maximum absolute atomic E-state index is 12.6. The van der Waals surface area contributed by atoms with E-state index in [-0.39, 0.29) is 5.91 Å². The first-order valence-electron chi connectivity index (χ1n) is 9.60. The molecule has 0 atom stereocenters. The number of nitrogens with one attached hydrogen (secondary N) is 2. The van der Waals surface area contributed by atoms with Crippen LogP contribution in [0.2, 0.25) is 0 Å². The second-order valence-electron chi connectivity index (χ2n) is 6.84. The number of rotatable bonds is 6. The number of benzene rings is 2. The van der Waals surface area contributed by atoms with Gasteiger partial charge in [0.1, 0.15) is 5.75 Å². The smallest absolute Gasteiger partial charge is 0.261 e. The SMILES string of the molecule is O=C(NC(=S)NC1CCCCC1)c1ccccc1OCCc1ccccc1. The van der Waals surface area contributed by atoms with E-state index in [1.807, 2.05) is 36.4 Å². The molecule has 2 aromatic carbocycles. The predicted octanol–water partition coefficient (Wildman–Crippen LogP) is 4.25. The van der Waals surface area contributed by atoms with E-state index >= 15 is 0 Å². The van der Waals surface area contributed by atoms with Gasteiger partial charge >= 0.3 is 0 Å². The third-order valence-corrected chi connectivity index (χ3v) is 5.01. The Balaban J connectivity index is 1.54. The summed E-state index contributed by atoms with van der Waals surface area (Å²) in [5, 5.41) is 6.45. The lowest BCUT2D eigenvalue weighted by molar-refractivity contribution is 0.0972. The summed E-state index contributed by atoms with van der Waals surface area (Å²) in [6.07, 6.45) is 6.71. The lowest BCUT2D eigenvalue weighted by Crippen LogP contribution is -2.45. The molecule has 1 aliphatic carbocycles.